The predicted octanol–water partition coefficient (Wildman–Crippen LogP) is 7.06. The Morgan fingerprint density at radius 1 is 1.00 bits per heavy atom. The number of fused-ring (bicyclic) bond motifs is 3. The van der Waals surface area contributed by atoms with Crippen LogP contribution >= 0.6 is 50.9 Å². The fourth-order valence-corrected chi connectivity index (χ4v) is 4.89. The summed E-state index contributed by atoms with van der Waals surface area (Å²) in [5.74, 6) is 0.733. The Morgan fingerprint density at radius 2 is 1.71 bits per heavy atom. The van der Waals surface area contributed by atoms with Crippen LogP contribution in [0.15, 0.2) is 81.4 Å². The van der Waals surface area contributed by atoms with E-state index in [1.54, 1.807) is 11.8 Å². The molecule has 0 saturated carbocycles. The number of hydrogen-bond acceptors (Lipinski definition) is 5. The van der Waals surface area contributed by atoms with Gasteiger partial charge < -0.3 is 4.84 Å². The molecule has 0 aromatic heterocycles. The van der Waals surface area contributed by atoms with E-state index in [-0.39, 0.29) is 0 Å². The summed E-state index contributed by atoms with van der Waals surface area (Å²) >= 11 is 17.8. The number of benzene rings is 3. The van der Waals surface area contributed by atoms with E-state index in [0.717, 1.165) is 37.7 Å². The van der Waals surface area contributed by atoms with E-state index >= 15 is 0 Å². The van der Waals surface area contributed by atoms with Crippen molar-refractivity contribution in [3.8, 4) is 0 Å². The van der Waals surface area contributed by atoms with Crippen molar-refractivity contribution in [1.29, 1.82) is 0 Å². The molecule has 0 N–H and O–H groups in total. The number of halogens is 3. The fourth-order valence-electron chi connectivity index (χ4n) is 3.88. The number of nitrogens with zero attached hydrogens (tertiary/aromatic N) is 3. The number of oxime groups is 1. The standard InChI is InChI=1S/C23H16BrCl2N3OS/c1-31-21-13-29-22(14-2-6-16(24)7-3-14)28-30-23(29,15-4-8-17(25)9-5-15)19-12-18(26)10-11-20(19)27-21/h2-12H,13H2,1H3. The van der Waals surface area contributed by atoms with Crippen molar-refractivity contribution in [2.24, 2.45) is 10.1 Å². The van der Waals surface area contributed by atoms with Crippen molar-refractivity contribution in [1.82, 2.24) is 4.90 Å². The summed E-state index contributed by atoms with van der Waals surface area (Å²) in [4.78, 5) is 13.4. The lowest BCUT2D eigenvalue weighted by atomic mass is 9.91. The van der Waals surface area contributed by atoms with Gasteiger partial charge in [-0.05, 0) is 48.7 Å². The van der Waals surface area contributed by atoms with Crippen LogP contribution in [0.25, 0.3) is 0 Å². The molecule has 2 aliphatic rings. The van der Waals surface area contributed by atoms with Gasteiger partial charge in [-0.1, -0.05) is 68.6 Å². The number of thioether (sulfide) groups is 1. The lowest BCUT2D eigenvalue weighted by Gasteiger charge is -2.37. The molecule has 0 radical (unpaired) electrons. The van der Waals surface area contributed by atoms with Gasteiger partial charge in [-0.15, -0.1) is 11.8 Å². The maximum Gasteiger partial charge on any atom is 0.265 e. The molecule has 8 heteroatoms. The molecule has 1 atom stereocenters. The first-order valence-corrected chi connectivity index (χ1v) is 12.3. The van der Waals surface area contributed by atoms with Crippen molar-refractivity contribution in [2.45, 2.75) is 5.72 Å². The first-order chi connectivity index (χ1) is 15.0. The zero-order chi connectivity index (χ0) is 21.6. The maximum absolute atomic E-state index is 6.44. The van der Waals surface area contributed by atoms with Crippen LogP contribution in [-0.2, 0) is 10.6 Å². The minimum absolute atomic E-state index is 0.533. The fraction of sp³-hybridized carbons (Fsp3) is 0.130. The Labute approximate surface area is 203 Å². The topological polar surface area (TPSA) is 37.2 Å². The van der Waals surface area contributed by atoms with Crippen molar-refractivity contribution < 1.29 is 4.84 Å². The van der Waals surface area contributed by atoms with E-state index in [9.17, 15) is 0 Å². The maximum atomic E-state index is 6.44. The molecule has 0 saturated heterocycles. The van der Waals surface area contributed by atoms with Gasteiger partial charge in [-0.25, -0.2) is 4.99 Å². The summed E-state index contributed by atoms with van der Waals surface area (Å²) in [5.41, 5.74) is 2.47. The second-order valence-electron chi connectivity index (χ2n) is 7.12. The zero-order valence-corrected chi connectivity index (χ0v) is 20.3. The average Bonchev–Trinajstić information content (AvgIpc) is 3.08. The Kier molecular flexibility index (Phi) is 5.51. The molecule has 3 aromatic rings. The van der Waals surface area contributed by atoms with Gasteiger partial charge in [-0.2, -0.15) is 0 Å². The summed E-state index contributed by atoms with van der Waals surface area (Å²) in [7, 11) is 0. The monoisotopic (exact) mass is 531 g/mol. The number of hydrogen-bond donors (Lipinski definition) is 0. The first-order valence-electron chi connectivity index (χ1n) is 9.48. The lowest BCUT2D eigenvalue weighted by molar-refractivity contribution is -0.0645. The Hall–Kier alpha value is -1.99. The van der Waals surface area contributed by atoms with Crippen LogP contribution in [-0.4, -0.2) is 28.6 Å². The number of amidine groups is 1. The van der Waals surface area contributed by atoms with Gasteiger partial charge in [0.1, 0.15) is 0 Å². The summed E-state index contributed by atoms with van der Waals surface area (Å²) in [5, 5.41) is 6.79. The van der Waals surface area contributed by atoms with Crippen molar-refractivity contribution in [2.75, 3.05) is 12.8 Å². The molecule has 1 unspecified atom stereocenters. The Morgan fingerprint density at radius 3 is 2.42 bits per heavy atom. The molecule has 0 fully saturated rings. The summed E-state index contributed by atoms with van der Waals surface area (Å²) in [6, 6.07) is 21.3. The number of rotatable bonds is 2. The van der Waals surface area contributed by atoms with E-state index in [1.807, 2.05) is 73.0 Å². The largest absolute Gasteiger partial charge is 0.355 e. The van der Waals surface area contributed by atoms with Crippen LogP contribution in [0.2, 0.25) is 10.0 Å². The average molecular weight is 533 g/mol. The molecule has 5 rings (SSSR count). The minimum atomic E-state index is -1.02. The lowest BCUT2D eigenvalue weighted by Crippen LogP contribution is -2.48. The molecule has 0 amide bonds. The van der Waals surface area contributed by atoms with Crippen molar-refractivity contribution in [3.05, 3.63) is 97.9 Å². The van der Waals surface area contributed by atoms with Crippen LogP contribution in [0, 0.1) is 0 Å². The van der Waals surface area contributed by atoms with Gasteiger partial charge in [0.05, 0.1) is 22.8 Å². The molecule has 0 bridgehead atoms. The third-order valence-corrected chi connectivity index (χ3v) is 7.04. The quantitative estimate of drug-likeness (QED) is 0.354. The van der Waals surface area contributed by atoms with Crippen molar-refractivity contribution in [3.63, 3.8) is 0 Å². The van der Waals surface area contributed by atoms with Crippen LogP contribution in [0.3, 0.4) is 0 Å². The van der Waals surface area contributed by atoms with E-state index in [4.69, 9.17) is 33.0 Å². The van der Waals surface area contributed by atoms with Crippen LogP contribution in [0.1, 0.15) is 16.7 Å². The van der Waals surface area contributed by atoms with Crippen molar-refractivity contribution >= 4 is 67.5 Å². The normalized spacial score (nSPS) is 19.7. The SMILES string of the molecule is CSC1=Nc2ccc(Cl)cc2C2(c3ccc(Cl)cc3)ON=C(c3ccc(Br)cc3)N2C1. The van der Waals surface area contributed by atoms with E-state index in [2.05, 4.69) is 26.0 Å². The third kappa shape index (κ3) is 3.55. The van der Waals surface area contributed by atoms with E-state index in [0.29, 0.717) is 16.6 Å². The second-order valence-corrected chi connectivity index (χ2v) is 9.79. The van der Waals surface area contributed by atoms with Gasteiger partial charge in [0, 0.05) is 25.6 Å². The Balaban J connectivity index is 1.77. The highest BCUT2D eigenvalue weighted by atomic mass is 79.9. The molecule has 3 aromatic carbocycles. The molecular formula is C23H16BrCl2N3OS. The van der Waals surface area contributed by atoms with Gasteiger partial charge in [-0.3, -0.25) is 4.90 Å². The molecule has 2 aliphatic heterocycles. The second kappa shape index (κ2) is 8.17. The highest BCUT2D eigenvalue weighted by molar-refractivity contribution is 9.10. The van der Waals surface area contributed by atoms with Crippen LogP contribution in [0.5, 0.6) is 0 Å². The van der Waals surface area contributed by atoms with Crippen LogP contribution < -0.4 is 0 Å². The van der Waals surface area contributed by atoms with Gasteiger partial charge in [0.15, 0.2) is 5.84 Å². The molecule has 0 spiro atoms. The molecule has 4 nitrogen and oxygen atoms in total. The zero-order valence-electron chi connectivity index (χ0n) is 16.3. The molecule has 2 heterocycles. The summed E-state index contributed by atoms with van der Waals surface area (Å²) in [6.07, 6.45) is 2.02. The smallest absolute Gasteiger partial charge is 0.265 e. The first kappa shape index (κ1) is 20.9. The molecule has 156 valence electrons. The highest BCUT2D eigenvalue weighted by Gasteiger charge is 2.52. The minimum Gasteiger partial charge on any atom is -0.355 e. The number of aliphatic imine (C=N–C) groups is 1. The predicted molar refractivity (Wildman–Crippen MR) is 133 cm³/mol. The molecule has 0 aliphatic carbocycles. The van der Waals surface area contributed by atoms with Gasteiger partial charge in [0.2, 0.25) is 0 Å². The highest BCUT2D eigenvalue weighted by Crippen LogP contribution is 2.48. The van der Waals surface area contributed by atoms with Gasteiger partial charge in [0.25, 0.3) is 5.72 Å². The molecule has 31 heavy (non-hydrogen) atoms. The van der Waals surface area contributed by atoms with E-state index in [1.165, 1.54) is 0 Å². The van der Waals surface area contributed by atoms with Crippen LogP contribution in [0.4, 0.5) is 5.69 Å². The summed E-state index contributed by atoms with van der Waals surface area (Å²) in [6.45, 7) is 0.533. The Bertz CT molecular complexity index is 1210. The van der Waals surface area contributed by atoms with Gasteiger partial charge >= 0.3 is 0 Å². The van der Waals surface area contributed by atoms with E-state index < -0.39 is 5.72 Å². The third-order valence-electron chi connectivity index (χ3n) is 5.34. The molecular weight excluding hydrogens is 517 g/mol. The summed E-state index contributed by atoms with van der Waals surface area (Å²) < 4.78 is 0.999.